The van der Waals surface area contributed by atoms with Crippen LogP contribution in [0.5, 0.6) is 0 Å². The fraction of sp³-hybridized carbons (Fsp3) is 0.500. The first-order valence-electron chi connectivity index (χ1n) is 6.62. The van der Waals surface area contributed by atoms with Crippen molar-refractivity contribution < 1.29 is 9.55 Å². The molecule has 1 heterocycles. The van der Waals surface area contributed by atoms with Gasteiger partial charge in [-0.1, -0.05) is 0 Å². The molecule has 8 nitrogen and oxygen atoms in total. The first-order chi connectivity index (χ1) is 9.75. The van der Waals surface area contributed by atoms with Crippen LogP contribution in [0.15, 0.2) is 16.8 Å². The Hall–Kier alpha value is -2.22. The van der Waals surface area contributed by atoms with Crippen LogP contribution < -0.4 is 10.6 Å². The maximum Gasteiger partial charge on any atom is 0.300 e. The first-order valence-corrected chi connectivity index (χ1v) is 6.62. The fourth-order valence-corrected chi connectivity index (χ4v) is 2.05. The van der Waals surface area contributed by atoms with Crippen LogP contribution in [-0.4, -0.2) is 34.4 Å². The van der Waals surface area contributed by atoms with Gasteiger partial charge in [-0.3, -0.25) is 10.1 Å². The molecule has 106 valence electrons. The van der Waals surface area contributed by atoms with Crippen LogP contribution in [0.25, 0.3) is 11.0 Å². The number of non-ortho nitro benzene ring substituents is 1. The lowest BCUT2D eigenvalue weighted by atomic mass is 10.2. The molecule has 0 amide bonds. The molecule has 2 aromatic rings. The monoisotopic (exact) mass is 277 g/mol. The Balaban J connectivity index is 1.63. The zero-order valence-electron chi connectivity index (χ0n) is 10.8. The molecular weight excluding hydrogens is 262 g/mol. The Morgan fingerprint density at radius 3 is 2.85 bits per heavy atom. The highest BCUT2D eigenvalue weighted by atomic mass is 16.6. The standard InChI is InChI=1S/C12H15N5O3/c18-17(19)10-5-4-9(11-12(10)16-20-15-11)14-7-1-6-13-8-2-3-8/h4-5,8,13-14H,1-3,6-7H2. The van der Waals surface area contributed by atoms with Crippen molar-refractivity contribution in [3.8, 4) is 0 Å². The van der Waals surface area contributed by atoms with E-state index in [0.29, 0.717) is 17.2 Å². The number of anilines is 1. The van der Waals surface area contributed by atoms with E-state index < -0.39 is 4.92 Å². The third-order valence-corrected chi connectivity index (χ3v) is 3.27. The molecule has 1 aliphatic rings. The van der Waals surface area contributed by atoms with Crippen LogP contribution in [0.2, 0.25) is 0 Å². The van der Waals surface area contributed by atoms with Gasteiger partial charge in [-0.15, -0.1) is 0 Å². The predicted octanol–water partition coefficient (Wildman–Crippen LogP) is 1.68. The number of hydrogen-bond donors (Lipinski definition) is 2. The van der Waals surface area contributed by atoms with Crippen molar-refractivity contribution in [1.82, 2.24) is 15.6 Å². The van der Waals surface area contributed by atoms with E-state index in [1.54, 1.807) is 6.07 Å². The van der Waals surface area contributed by atoms with Gasteiger partial charge in [0.2, 0.25) is 5.52 Å². The van der Waals surface area contributed by atoms with Gasteiger partial charge < -0.3 is 10.6 Å². The SMILES string of the molecule is O=[N+]([O-])c1ccc(NCCCNC2CC2)c2nonc12. The van der Waals surface area contributed by atoms with Crippen LogP contribution in [-0.2, 0) is 0 Å². The number of hydrogen-bond acceptors (Lipinski definition) is 7. The summed E-state index contributed by atoms with van der Waals surface area (Å²) in [6, 6.07) is 3.76. The molecule has 1 fully saturated rings. The number of fused-ring (bicyclic) bond motifs is 1. The summed E-state index contributed by atoms with van der Waals surface area (Å²) in [6.45, 7) is 1.73. The predicted molar refractivity (Wildman–Crippen MR) is 72.6 cm³/mol. The summed E-state index contributed by atoms with van der Waals surface area (Å²) in [5.74, 6) is 0. The number of nitro groups is 1. The third kappa shape index (κ3) is 2.69. The largest absolute Gasteiger partial charge is 0.383 e. The van der Waals surface area contributed by atoms with Gasteiger partial charge in [0.25, 0.3) is 0 Å². The Bertz CT molecular complexity index is 623. The highest BCUT2D eigenvalue weighted by Gasteiger charge is 2.20. The molecule has 3 rings (SSSR count). The van der Waals surface area contributed by atoms with Gasteiger partial charge in [0.1, 0.15) is 0 Å². The maximum atomic E-state index is 10.9. The van der Waals surface area contributed by atoms with Crippen molar-refractivity contribution in [3.05, 3.63) is 22.2 Å². The minimum absolute atomic E-state index is 0.0952. The number of rotatable bonds is 7. The molecule has 8 heteroatoms. The number of aromatic nitrogens is 2. The molecule has 1 aromatic heterocycles. The van der Waals surface area contributed by atoms with Crippen LogP contribution in [0.4, 0.5) is 11.4 Å². The number of nitrogens with one attached hydrogen (secondary N) is 2. The van der Waals surface area contributed by atoms with Crippen molar-refractivity contribution in [2.45, 2.75) is 25.3 Å². The maximum absolute atomic E-state index is 10.9. The van der Waals surface area contributed by atoms with E-state index in [9.17, 15) is 10.1 Å². The van der Waals surface area contributed by atoms with Crippen molar-refractivity contribution in [3.63, 3.8) is 0 Å². The van der Waals surface area contributed by atoms with Crippen LogP contribution in [0.3, 0.4) is 0 Å². The molecular formula is C12H15N5O3. The smallest absolute Gasteiger partial charge is 0.300 e. The third-order valence-electron chi connectivity index (χ3n) is 3.27. The normalized spacial score (nSPS) is 14.6. The number of nitro benzene ring substituents is 1. The zero-order valence-corrected chi connectivity index (χ0v) is 10.8. The van der Waals surface area contributed by atoms with Crippen molar-refractivity contribution in [1.29, 1.82) is 0 Å². The van der Waals surface area contributed by atoms with Crippen molar-refractivity contribution in [2.75, 3.05) is 18.4 Å². The molecule has 0 radical (unpaired) electrons. The Kier molecular flexibility index (Phi) is 3.46. The average molecular weight is 277 g/mol. The summed E-state index contributed by atoms with van der Waals surface area (Å²) in [6.07, 6.45) is 3.53. The summed E-state index contributed by atoms with van der Waals surface area (Å²) in [5.41, 5.74) is 1.19. The molecule has 0 bridgehead atoms. The summed E-state index contributed by atoms with van der Waals surface area (Å²) in [7, 11) is 0. The molecule has 1 saturated carbocycles. The minimum Gasteiger partial charge on any atom is -0.383 e. The van der Waals surface area contributed by atoms with Gasteiger partial charge in [0.15, 0.2) is 5.52 Å². The van der Waals surface area contributed by atoms with Gasteiger partial charge in [-0.2, -0.15) is 0 Å². The Labute approximate surface area is 114 Å². The molecule has 0 aliphatic heterocycles. The molecule has 1 aromatic carbocycles. The van der Waals surface area contributed by atoms with Gasteiger partial charge in [-0.05, 0) is 42.2 Å². The fourth-order valence-electron chi connectivity index (χ4n) is 2.05. The lowest BCUT2D eigenvalue weighted by Gasteiger charge is -2.06. The van der Waals surface area contributed by atoms with E-state index in [4.69, 9.17) is 0 Å². The van der Waals surface area contributed by atoms with E-state index >= 15 is 0 Å². The van der Waals surface area contributed by atoms with E-state index in [0.717, 1.165) is 19.5 Å². The van der Waals surface area contributed by atoms with Crippen LogP contribution >= 0.6 is 0 Å². The molecule has 0 atom stereocenters. The summed E-state index contributed by atoms with van der Waals surface area (Å²) < 4.78 is 4.61. The topological polar surface area (TPSA) is 106 Å². The second-order valence-electron chi connectivity index (χ2n) is 4.86. The summed E-state index contributed by atoms with van der Waals surface area (Å²) >= 11 is 0. The van der Waals surface area contributed by atoms with Crippen molar-refractivity contribution >= 4 is 22.4 Å². The molecule has 0 spiro atoms. The van der Waals surface area contributed by atoms with E-state index in [1.807, 2.05) is 0 Å². The van der Waals surface area contributed by atoms with E-state index in [2.05, 4.69) is 25.6 Å². The second kappa shape index (κ2) is 5.41. The van der Waals surface area contributed by atoms with Crippen LogP contribution in [0.1, 0.15) is 19.3 Å². The molecule has 0 saturated heterocycles. The second-order valence-corrected chi connectivity index (χ2v) is 4.86. The molecule has 0 unspecified atom stereocenters. The summed E-state index contributed by atoms with van der Waals surface area (Å²) in [4.78, 5) is 10.4. The van der Waals surface area contributed by atoms with Gasteiger partial charge in [0, 0.05) is 18.7 Å². The number of benzene rings is 1. The molecule has 20 heavy (non-hydrogen) atoms. The molecule has 2 N–H and O–H groups in total. The highest BCUT2D eigenvalue weighted by molar-refractivity contribution is 5.93. The van der Waals surface area contributed by atoms with Gasteiger partial charge in [-0.25, -0.2) is 4.63 Å². The molecule has 1 aliphatic carbocycles. The Morgan fingerprint density at radius 2 is 2.10 bits per heavy atom. The van der Waals surface area contributed by atoms with Crippen molar-refractivity contribution in [2.24, 2.45) is 0 Å². The zero-order chi connectivity index (χ0) is 13.9. The van der Waals surface area contributed by atoms with Gasteiger partial charge in [0.05, 0.1) is 10.6 Å². The lowest BCUT2D eigenvalue weighted by Crippen LogP contribution is -2.19. The van der Waals surface area contributed by atoms with Gasteiger partial charge >= 0.3 is 5.69 Å². The van der Waals surface area contributed by atoms with E-state index in [1.165, 1.54) is 18.9 Å². The Morgan fingerprint density at radius 1 is 1.30 bits per heavy atom. The highest BCUT2D eigenvalue weighted by Crippen LogP contribution is 2.28. The summed E-state index contributed by atoms with van der Waals surface area (Å²) in [5, 5.41) is 24.8. The number of nitrogens with zero attached hydrogens (tertiary/aromatic N) is 3. The average Bonchev–Trinajstić information content (AvgIpc) is 3.12. The quantitative estimate of drug-likeness (QED) is 0.450. The lowest BCUT2D eigenvalue weighted by molar-refractivity contribution is -0.383. The minimum atomic E-state index is -0.490. The first kappa shape index (κ1) is 12.8. The van der Waals surface area contributed by atoms with E-state index in [-0.39, 0.29) is 11.2 Å². The van der Waals surface area contributed by atoms with Crippen LogP contribution in [0, 0.1) is 10.1 Å².